The molecule has 5 rings (SSSR count). The largest absolute Gasteiger partial charge is 0.490 e. The van der Waals surface area contributed by atoms with E-state index in [4.69, 9.17) is 9.47 Å². The molecule has 1 aliphatic carbocycles. The molecule has 1 aromatic heterocycles. The fourth-order valence-corrected chi connectivity index (χ4v) is 4.09. The van der Waals surface area contributed by atoms with Crippen LogP contribution in [-0.4, -0.2) is 29.5 Å². The lowest BCUT2D eigenvalue weighted by Crippen LogP contribution is -2.27. The molecule has 0 bridgehead atoms. The summed E-state index contributed by atoms with van der Waals surface area (Å²) in [6.45, 7) is 3.87. The molecule has 0 radical (unpaired) electrons. The first kappa shape index (κ1) is 19.7. The number of nitrogens with zero attached hydrogens (tertiary/aromatic N) is 1. The molecular formula is C25H26N2O4. The minimum absolute atomic E-state index is 0.0994. The Hall–Kier alpha value is -3.28. The number of Topliss-reactive ketones (excluding diaryl/α,β-unsaturated/α-hetero) is 1. The Morgan fingerprint density at radius 1 is 1.10 bits per heavy atom. The molecule has 3 aromatic rings. The number of aromatic nitrogens is 1. The molecule has 6 heteroatoms. The first-order valence-electron chi connectivity index (χ1n) is 10.9. The molecule has 0 atom stereocenters. The molecule has 0 spiro atoms. The van der Waals surface area contributed by atoms with Crippen LogP contribution >= 0.6 is 0 Å². The normalized spacial score (nSPS) is 15.5. The molecule has 2 aromatic carbocycles. The third kappa shape index (κ3) is 4.02. The van der Waals surface area contributed by atoms with Crippen LogP contribution in [0.2, 0.25) is 0 Å². The van der Waals surface area contributed by atoms with Crippen molar-refractivity contribution in [3.05, 3.63) is 59.3 Å². The maximum Gasteiger partial charge on any atom is 0.240 e. The third-order valence-electron chi connectivity index (χ3n) is 6.00. The van der Waals surface area contributed by atoms with Gasteiger partial charge < -0.3 is 19.4 Å². The number of aryl methyl sites for hydroxylation is 1. The summed E-state index contributed by atoms with van der Waals surface area (Å²) in [7, 11) is 0. The third-order valence-corrected chi connectivity index (χ3v) is 6.00. The van der Waals surface area contributed by atoms with Crippen molar-refractivity contribution in [2.24, 2.45) is 5.92 Å². The zero-order valence-electron chi connectivity index (χ0n) is 17.6. The number of hydrogen-bond acceptors (Lipinski definition) is 4. The van der Waals surface area contributed by atoms with E-state index in [1.54, 1.807) is 0 Å². The monoisotopic (exact) mass is 418 g/mol. The molecule has 31 heavy (non-hydrogen) atoms. The second-order valence-electron chi connectivity index (χ2n) is 8.38. The number of ether oxygens (including phenoxy) is 2. The van der Waals surface area contributed by atoms with E-state index in [1.165, 1.54) is 0 Å². The van der Waals surface area contributed by atoms with Gasteiger partial charge in [-0.1, -0.05) is 18.2 Å². The van der Waals surface area contributed by atoms with Gasteiger partial charge in [-0.2, -0.15) is 0 Å². The SMILES string of the molecule is Cc1cc2c(cc1CNC(=O)Cn1cc(C(=O)C3CC3)c3ccccc31)OCCCO2. The highest BCUT2D eigenvalue weighted by molar-refractivity contribution is 6.10. The molecule has 0 unspecified atom stereocenters. The number of rotatable bonds is 6. The summed E-state index contributed by atoms with van der Waals surface area (Å²) in [6.07, 6.45) is 4.63. The molecule has 1 amide bonds. The van der Waals surface area contributed by atoms with Gasteiger partial charge in [0.25, 0.3) is 0 Å². The molecule has 1 aliphatic heterocycles. The molecule has 160 valence electrons. The van der Waals surface area contributed by atoms with E-state index in [0.717, 1.165) is 58.4 Å². The summed E-state index contributed by atoms with van der Waals surface area (Å²) in [4.78, 5) is 25.4. The lowest BCUT2D eigenvalue weighted by molar-refractivity contribution is -0.121. The molecular weight excluding hydrogens is 392 g/mol. The highest BCUT2D eigenvalue weighted by Gasteiger charge is 2.32. The number of benzene rings is 2. The summed E-state index contributed by atoms with van der Waals surface area (Å²) in [5, 5.41) is 3.93. The van der Waals surface area contributed by atoms with Crippen LogP contribution in [0, 0.1) is 12.8 Å². The lowest BCUT2D eigenvalue weighted by Gasteiger charge is -2.13. The van der Waals surface area contributed by atoms with Gasteiger partial charge in [0.2, 0.25) is 5.91 Å². The van der Waals surface area contributed by atoms with Gasteiger partial charge >= 0.3 is 0 Å². The van der Waals surface area contributed by atoms with Crippen molar-refractivity contribution in [3.8, 4) is 11.5 Å². The lowest BCUT2D eigenvalue weighted by atomic mass is 10.1. The zero-order chi connectivity index (χ0) is 21.4. The van der Waals surface area contributed by atoms with E-state index in [1.807, 2.05) is 54.1 Å². The number of hydrogen-bond donors (Lipinski definition) is 1. The Kier molecular flexibility index (Phi) is 5.14. The minimum atomic E-state index is -0.0994. The van der Waals surface area contributed by atoms with Crippen LogP contribution in [0.25, 0.3) is 10.9 Å². The average molecular weight is 418 g/mol. The van der Waals surface area contributed by atoms with Gasteiger partial charge in [0.15, 0.2) is 17.3 Å². The highest BCUT2D eigenvalue weighted by Crippen LogP contribution is 2.35. The summed E-state index contributed by atoms with van der Waals surface area (Å²) in [6, 6.07) is 11.7. The Labute approximate surface area is 181 Å². The number of amides is 1. The van der Waals surface area contributed by atoms with Crippen molar-refractivity contribution < 1.29 is 19.1 Å². The Balaban J connectivity index is 1.31. The molecule has 2 aliphatic rings. The van der Waals surface area contributed by atoms with Crippen molar-refractivity contribution in [2.75, 3.05) is 13.2 Å². The van der Waals surface area contributed by atoms with Gasteiger partial charge in [0, 0.05) is 41.5 Å². The topological polar surface area (TPSA) is 69.6 Å². The number of para-hydroxylation sites is 1. The van der Waals surface area contributed by atoms with Crippen molar-refractivity contribution in [3.63, 3.8) is 0 Å². The molecule has 1 saturated carbocycles. The quantitative estimate of drug-likeness (QED) is 0.614. The second kappa shape index (κ2) is 8.10. The van der Waals surface area contributed by atoms with E-state index < -0.39 is 0 Å². The van der Waals surface area contributed by atoms with Gasteiger partial charge in [0.05, 0.1) is 13.2 Å². The van der Waals surface area contributed by atoms with Gasteiger partial charge in [-0.05, 0) is 49.1 Å². The maximum atomic E-state index is 12.7. The van der Waals surface area contributed by atoms with Crippen molar-refractivity contribution in [2.45, 2.75) is 39.3 Å². The first-order valence-corrected chi connectivity index (χ1v) is 10.9. The number of fused-ring (bicyclic) bond motifs is 2. The predicted octanol–water partition coefficient (Wildman–Crippen LogP) is 4.02. The first-order chi connectivity index (χ1) is 15.1. The number of ketones is 1. The maximum absolute atomic E-state index is 12.7. The zero-order valence-corrected chi connectivity index (χ0v) is 17.6. The average Bonchev–Trinajstić information content (AvgIpc) is 3.58. The van der Waals surface area contributed by atoms with Crippen molar-refractivity contribution >= 4 is 22.6 Å². The number of nitrogens with one attached hydrogen (secondary N) is 1. The molecule has 1 N–H and O–H groups in total. The minimum Gasteiger partial charge on any atom is -0.490 e. The fourth-order valence-electron chi connectivity index (χ4n) is 4.09. The van der Waals surface area contributed by atoms with Crippen LogP contribution in [0.1, 0.15) is 40.7 Å². The predicted molar refractivity (Wildman–Crippen MR) is 118 cm³/mol. The van der Waals surface area contributed by atoms with E-state index >= 15 is 0 Å². The van der Waals surface area contributed by atoms with Gasteiger partial charge in [-0.3, -0.25) is 9.59 Å². The fraction of sp³-hybridized carbons (Fsp3) is 0.360. The number of carbonyl (C=O) groups excluding carboxylic acids is 2. The summed E-state index contributed by atoms with van der Waals surface area (Å²) >= 11 is 0. The van der Waals surface area contributed by atoms with Crippen LogP contribution < -0.4 is 14.8 Å². The van der Waals surface area contributed by atoms with Crippen LogP contribution in [-0.2, 0) is 17.9 Å². The second-order valence-corrected chi connectivity index (χ2v) is 8.38. The van der Waals surface area contributed by atoms with E-state index in [0.29, 0.717) is 19.8 Å². The summed E-state index contributed by atoms with van der Waals surface area (Å²) in [5.74, 6) is 1.73. The Morgan fingerprint density at radius 3 is 2.61 bits per heavy atom. The van der Waals surface area contributed by atoms with Gasteiger partial charge in [-0.15, -0.1) is 0 Å². The van der Waals surface area contributed by atoms with E-state index in [-0.39, 0.29) is 24.2 Å². The smallest absolute Gasteiger partial charge is 0.240 e. The van der Waals surface area contributed by atoms with Gasteiger partial charge in [-0.25, -0.2) is 0 Å². The van der Waals surface area contributed by atoms with Crippen LogP contribution in [0.4, 0.5) is 0 Å². The molecule has 0 saturated heterocycles. The summed E-state index contributed by atoms with van der Waals surface area (Å²) < 4.78 is 13.4. The summed E-state index contributed by atoms with van der Waals surface area (Å²) in [5.41, 5.74) is 3.69. The standard InChI is InChI=1S/C25H26N2O4/c1-16-11-22-23(31-10-4-9-30-22)12-18(16)13-26-24(28)15-27-14-20(25(29)17-7-8-17)19-5-2-3-6-21(19)27/h2-3,5-6,11-12,14,17H,4,7-10,13,15H2,1H3,(H,26,28). The van der Waals surface area contributed by atoms with Gasteiger partial charge in [0.1, 0.15) is 6.54 Å². The molecule has 1 fully saturated rings. The van der Waals surface area contributed by atoms with Crippen molar-refractivity contribution in [1.29, 1.82) is 0 Å². The molecule has 6 nitrogen and oxygen atoms in total. The number of carbonyl (C=O) groups is 2. The van der Waals surface area contributed by atoms with E-state index in [9.17, 15) is 9.59 Å². The van der Waals surface area contributed by atoms with Crippen LogP contribution in [0.15, 0.2) is 42.6 Å². The van der Waals surface area contributed by atoms with E-state index in [2.05, 4.69) is 5.32 Å². The van der Waals surface area contributed by atoms with Crippen LogP contribution in [0.5, 0.6) is 11.5 Å². The van der Waals surface area contributed by atoms with Crippen molar-refractivity contribution in [1.82, 2.24) is 9.88 Å². The van der Waals surface area contributed by atoms with Crippen LogP contribution in [0.3, 0.4) is 0 Å². The highest BCUT2D eigenvalue weighted by atomic mass is 16.5. The molecule has 2 heterocycles. The Morgan fingerprint density at radius 2 is 1.84 bits per heavy atom. The Bertz CT molecular complexity index is 1160.